The van der Waals surface area contributed by atoms with Crippen LogP contribution in [0.5, 0.6) is 5.75 Å². The number of ether oxygens (including phenoxy) is 2. The summed E-state index contributed by atoms with van der Waals surface area (Å²) in [6.45, 7) is 5.02. The zero-order chi connectivity index (χ0) is 13.7. The Morgan fingerprint density at radius 3 is 2.61 bits per heavy atom. The molecule has 0 fully saturated rings. The number of aliphatic hydroxyl groups is 1. The molecule has 100 valence electrons. The van der Waals surface area contributed by atoms with Gasteiger partial charge < -0.3 is 14.6 Å². The number of carbonyl (C=O) groups is 1. The molecule has 0 spiro atoms. The normalized spacial score (nSPS) is 12.3. The molecular formula is C13H17BrO4. The summed E-state index contributed by atoms with van der Waals surface area (Å²) in [4.78, 5) is 11.4. The third-order valence-corrected chi connectivity index (χ3v) is 2.63. The van der Waals surface area contributed by atoms with Gasteiger partial charge in [0.15, 0.2) is 6.61 Å². The van der Waals surface area contributed by atoms with E-state index in [1.165, 1.54) is 0 Å². The minimum atomic E-state index is -0.658. The molecule has 0 aliphatic rings. The van der Waals surface area contributed by atoms with Crippen LogP contribution in [-0.4, -0.2) is 23.8 Å². The first-order chi connectivity index (χ1) is 8.40. The summed E-state index contributed by atoms with van der Waals surface area (Å²) in [5, 5.41) is 9.59. The number of hydrogen-bond acceptors (Lipinski definition) is 4. The van der Waals surface area contributed by atoms with Crippen molar-refractivity contribution in [2.75, 3.05) is 6.61 Å². The Morgan fingerprint density at radius 2 is 2.06 bits per heavy atom. The van der Waals surface area contributed by atoms with Crippen molar-refractivity contribution in [3.63, 3.8) is 0 Å². The van der Waals surface area contributed by atoms with Crippen LogP contribution in [0.1, 0.15) is 32.4 Å². The Hall–Kier alpha value is -1.07. The van der Waals surface area contributed by atoms with Crippen LogP contribution in [0.25, 0.3) is 0 Å². The molecule has 1 aromatic rings. The molecule has 0 unspecified atom stereocenters. The molecule has 0 heterocycles. The van der Waals surface area contributed by atoms with Crippen molar-refractivity contribution in [1.82, 2.24) is 0 Å². The molecule has 4 nitrogen and oxygen atoms in total. The molecule has 1 N–H and O–H groups in total. The molecule has 0 aliphatic heterocycles. The van der Waals surface area contributed by atoms with E-state index in [0.717, 1.165) is 4.47 Å². The van der Waals surface area contributed by atoms with Gasteiger partial charge in [-0.3, -0.25) is 0 Å². The molecule has 1 atom stereocenters. The monoisotopic (exact) mass is 316 g/mol. The summed E-state index contributed by atoms with van der Waals surface area (Å²) >= 11 is 3.31. The van der Waals surface area contributed by atoms with Crippen LogP contribution < -0.4 is 4.74 Å². The first-order valence-electron chi connectivity index (χ1n) is 5.70. The first kappa shape index (κ1) is 15.0. The van der Waals surface area contributed by atoms with Crippen LogP contribution in [-0.2, 0) is 9.53 Å². The zero-order valence-corrected chi connectivity index (χ0v) is 12.2. The molecule has 0 amide bonds. The molecular weight excluding hydrogens is 300 g/mol. The van der Waals surface area contributed by atoms with Crippen molar-refractivity contribution in [2.24, 2.45) is 0 Å². The molecule has 1 aromatic carbocycles. The van der Waals surface area contributed by atoms with E-state index in [-0.39, 0.29) is 12.7 Å². The van der Waals surface area contributed by atoms with Gasteiger partial charge in [0.25, 0.3) is 0 Å². The van der Waals surface area contributed by atoms with Gasteiger partial charge in [-0.05, 0) is 32.9 Å². The average molecular weight is 317 g/mol. The SMILES string of the molecule is CC(C)OC(=O)COc1cc(Br)ccc1[C@H](C)O. The van der Waals surface area contributed by atoms with Crippen molar-refractivity contribution in [3.8, 4) is 5.75 Å². The van der Waals surface area contributed by atoms with E-state index < -0.39 is 12.1 Å². The fourth-order valence-electron chi connectivity index (χ4n) is 1.41. The molecule has 0 radical (unpaired) electrons. The Kier molecular flexibility index (Phi) is 5.62. The number of carbonyl (C=O) groups excluding carboxylic acids is 1. The van der Waals surface area contributed by atoms with Crippen LogP contribution in [0.2, 0.25) is 0 Å². The molecule has 0 aliphatic carbocycles. The van der Waals surface area contributed by atoms with E-state index in [1.54, 1.807) is 39.0 Å². The summed E-state index contributed by atoms with van der Waals surface area (Å²) in [6.07, 6.45) is -0.825. The maximum atomic E-state index is 11.4. The van der Waals surface area contributed by atoms with Crippen LogP contribution in [0.15, 0.2) is 22.7 Å². The van der Waals surface area contributed by atoms with Crippen molar-refractivity contribution >= 4 is 21.9 Å². The third-order valence-electron chi connectivity index (χ3n) is 2.14. The topological polar surface area (TPSA) is 55.8 Å². The summed E-state index contributed by atoms with van der Waals surface area (Å²) in [6, 6.07) is 5.27. The second-order valence-corrected chi connectivity index (χ2v) is 5.10. The van der Waals surface area contributed by atoms with E-state index in [0.29, 0.717) is 11.3 Å². The lowest BCUT2D eigenvalue weighted by atomic mass is 10.1. The smallest absolute Gasteiger partial charge is 0.344 e. The van der Waals surface area contributed by atoms with Gasteiger partial charge in [0, 0.05) is 10.0 Å². The van der Waals surface area contributed by atoms with Crippen LogP contribution in [0.3, 0.4) is 0 Å². The predicted molar refractivity (Wildman–Crippen MR) is 71.5 cm³/mol. The summed E-state index contributed by atoms with van der Waals surface area (Å²) < 4.78 is 11.2. The van der Waals surface area contributed by atoms with Crippen molar-refractivity contribution in [3.05, 3.63) is 28.2 Å². The third kappa shape index (κ3) is 4.66. The lowest BCUT2D eigenvalue weighted by Crippen LogP contribution is -2.19. The maximum absolute atomic E-state index is 11.4. The molecule has 0 saturated carbocycles. The first-order valence-corrected chi connectivity index (χ1v) is 6.49. The molecule has 0 aromatic heterocycles. The lowest BCUT2D eigenvalue weighted by Gasteiger charge is -2.14. The molecule has 0 saturated heterocycles. The van der Waals surface area contributed by atoms with Crippen LogP contribution in [0, 0.1) is 0 Å². The Labute approximate surface area is 115 Å². The van der Waals surface area contributed by atoms with Crippen molar-refractivity contribution < 1.29 is 19.4 Å². The van der Waals surface area contributed by atoms with Gasteiger partial charge in [-0.2, -0.15) is 0 Å². The van der Waals surface area contributed by atoms with Gasteiger partial charge >= 0.3 is 5.97 Å². The summed E-state index contributed by atoms with van der Waals surface area (Å²) in [5.74, 6) is 0.0431. The molecule has 1 rings (SSSR count). The number of rotatable bonds is 5. The van der Waals surface area contributed by atoms with Gasteiger partial charge in [0.1, 0.15) is 5.75 Å². The Morgan fingerprint density at radius 1 is 1.39 bits per heavy atom. The Balaban J connectivity index is 2.71. The van der Waals surface area contributed by atoms with E-state index in [1.807, 2.05) is 0 Å². The van der Waals surface area contributed by atoms with Gasteiger partial charge in [-0.25, -0.2) is 4.79 Å². The van der Waals surface area contributed by atoms with E-state index in [9.17, 15) is 9.90 Å². The predicted octanol–water partition coefficient (Wildman–Crippen LogP) is 2.83. The highest BCUT2D eigenvalue weighted by atomic mass is 79.9. The second kappa shape index (κ2) is 6.75. The zero-order valence-electron chi connectivity index (χ0n) is 10.6. The number of benzene rings is 1. The van der Waals surface area contributed by atoms with Gasteiger partial charge in [-0.15, -0.1) is 0 Å². The fourth-order valence-corrected chi connectivity index (χ4v) is 1.75. The molecule has 18 heavy (non-hydrogen) atoms. The highest BCUT2D eigenvalue weighted by Gasteiger charge is 2.12. The van der Waals surface area contributed by atoms with Gasteiger partial charge in [0.2, 0.25) is 0 Å². The minimum Gasteiger partial charge on any atom is -0.481 e. The van der Waals surface area contributed by atoms with Gasteiger partial charge in [0.05, 0.1) is 12.2 Å². The van der Waals surface area contributed by atoms with E-state index in [2.05, 4.69) is 15.9 Å². The summed E-state index contributed by atoms with van der Waals surface area (Å²) in [5.41, 5.74) is 0.635. The Bertz CT molecular complexity index is 415. The van der Waals surface area contributed by atoms with E-state index >= 15 is 0 Å². The standard InChI is InChI=1S/C13H17BrO4/c1-8(2)18-13(16)7-17-12-6-10(14)4-5-11(12)9(3)15/h4-6,8-9,15H,7H2,1-3H3/t9-/m0/s1. The van der Waals surface area contributed by atoms with Crippen LogP contribution >= 0.6 is 15.9 Å². The fraction of sp³-hybridized carbons (Fsp3) is 0.462. The number of aliphatic hydroxyl groups excluding tert-OH is 1. The maximum Gasteiger partial charge on any atom is 0.344 e. The number of hydrogen-bond donors (Lipinski definition) is 1. The van der Waals surface area contributed by atoms with E-state index in [4.69, 9.17) is 9.47 Å². The number of halogens is 1. The summed E-state index contributed by atoms with van der Waals surface area (Å²) in [7, 11) is 0. The minimum absolute atomic E-state index is 0.167. The highest BCUT2D eigenvalue weighted by Crippen LogP contribution is 2.28. The molecule has 5 heteroatoms. The van der Waals surface area contributed by atoms with Crippen molar-refractivity contribution in [2.45, 2.75) is 33.0 Å². The van der Waals surface area contributed by atoms with Crippen molar-refractivity contribution in [1.29, 1.82) is 0 Å². The largest absolute Gasteiger partial charge is 0.481 e. The van der Waals surface area contributed by atoms with Gasteiger partial charge in [-0.1, -0.05) is 22.0 Å². The average Bonchev–Trinajstić information content (AvgIpc) is 2.25. The lowest BCUT2D eigenvalue weighted by molar-refractivity contribution is -0.149. The second-order valence-electron chi connectivity index (χ2n) is 4.19. The number of esters is 1. The quantitative estimate of drug-likeness (QED) is 0.849. The van der Waals surface area contributed by atoms with Crippen LogP contribution in [0.4, 0.5) is 0 Å². The highest BCUT2D eigenvalue weighted by molar-refractivity contribution is 9.10. The molecule has 0 bridgehead atoms.